The van der Waals surface area contributed by atoms with Crippen molar-refractivity contribution in [1.82, 2.24) is 9.88 Å². The molecule has 30 heavy (non-hydrogen) atoms. The van der Waals surface area contributed by atoms with Gasteiger partial charge in [0.25, 0.3) is 0 Å². The molecule has 0 bridgehead atoms. The number of rotatable bonds is 3. The van der Waals surface area contributed by atoms with Crippen LogP contribution in [0.5, 0.6) is 0 Å². The van der Waals surface area contributed by atoms with E-state index >= 15 is 0 Å². The van der Waals surface area contributed by atoms with Crippen molar-refractivity contribution in [2.75, 3.05) is 18.4 Å². The number of aryl methyl sites for hydroxylation is 2. The van der Waals surface area contributed by atoms with Crippen LogP contribution >= 0.6 is 0 Å². The van der Waals surface area contributed by atoms with E-state index in [0.29, 0.717) is 31.7 Å². The predicted octanol–water partition coefficient (Wildman–Crippen LogP) is 4.13. The van der Waals surface area contributed by atoms with Gasteiger partial charge in [0.15, 0.2) is 0 Å². The van der Waals surface area contributed by atoms with Gasteiger partial charge in [0, 0.05) is 31.8 Å². The number of halogens is 1. The van der Waals surface area contributed by atoms with Crippen LogP contribution in [0.4, 0.5) is 10.2 Å². The average molecular weight is 405 g/mol. The van der Waals surface area contributed by atoms with Gasteiger partial charge in [0.05, 0.1) is 0 Å². The van der Waals surface area contributed by atoms with E-state index in [1.54, 1.807) is 35.4 Å². The molecule has 0 fully saturated rings. The lowest BCUT2D eigenvalue weighted by atomic mass is 9.97. The number of nitrogens with one attached hydrogen (secondary N) is 1. The summed E-state index contributed by atoms with van der Waals surface area (Å²) in [7, 11) is 0. The Kier molecular flexibility index (Phi) is 5.74. The summed E-state index contributed by atoms with van der Waals surface area (Å²) in [6, 6.07) is 6.79. The molecule has 3 heterocycles. The first-order valence-electron chi connectivity index (χ1n) is 10.2. The second-order valence-corrected chi connectivity index (χ2v) is 7.73. The lowest BCUT2D eigenvalue weighted by molar-refractivity contribution is -0.125. The van der Waals surface area contributed by atoms with Gasteiger partial charge in [-0.1, -0.05) is 12.1 Å². The second-order valence-electron chi connectivity index (χ2n) is 7.73. The van der Waals surface area contributed by atoms with Crippen molar-refractivity contribution >= 4 is 29.3 Å². The van der Waals surface area contributed by atoms with Crippen LogP contribution in [0.3, 0.4) is 0 Å². The largest absolute Gasteiger partial charge is 0.335 e. The van der Waals surface area contributed by atoms with Crippen molar-refractivity contribution in [2.24, 2.45) is 0 Å². The Hall–Kier alpha value is -3.28. The fraction of sp³-hybridized carbons (Fsp3) is 0.292. The number of hydrogen-bond donors (Lipinski definition) is 1. The highest BCUT2D eigenvalue weighted by atomic mass is 19.1. The predicted molar refractivity (Wildman–Crippen MR) is 115 cm³/mol. The fourth-order valence-electron chi connectivity index (χ4n) is 3.90. The number of carbonyl (C=O) groups excluding carboxylic acids is 2. The minimum absolute atomic E-state index is 0.0181. The van der Waals surface area contributed by atoms with Gasteiger partial charge in [-0.2, -0.15) is 0 Å². The molecule has 154 valence electrons. The Morgan fingerprint density at radius 1 is 1.23 bits per heavy atom. The topological polar surface area (TPSA) is 62.3 Å². The number of fused-ring (bicyclic) bond motifs is 1. The van der Waals surface area contributed by atoms with E-state index in [9.17, 15) is 14.0 Å². The van der Waals surface area contributed by atoms with Crippen molar-refractivity contribution in [2.45, 2.75) is 32.6 Å². The van der Waals surface area contributed by atoms with Gasteiger partial charge in [-0.05, 0) is 78.3 Å². The Bertz CT molecular complexity index is 1060. The summed E-state index contributed by atoms with van der Waals surface area (Å²) in [4.78, 5) is 30.2. The van der Waals surface area contributed by atoms with Crippen molar-refractivity contribution < 1.29 is 14.0 Å². The number of hydrogen-bond acceptors (Lipinski definition) is 3. The highest BCUT2D eigenvalue weighted by Crippen LogP contribution is 2.26. The molecule has 0 unspecified atom stereocenters. The van der Waals surface area contributed by atoms with Gasteiger partial charge in [0.2, 0.25) is 11.8 Å². The minimum Gasteiger partial charge on any atom is -0.335 e. The molecule has 1 N–H and O–H groups in total. The van der Waals surface area contributed by atoms with E-state index in [2.05, 4.69) is 10.3 Å². The minimum atomic E-state index is -0.241. The summed E-state index contributed by atoms with van der Waals surface area (Å²) in [5.74, 6) is 0.285. The van der Waals surface area contributed by atoms with Gasteiger partial charge >= 0.3 is 0 Å². The Morgan fingerprint density at radius 3 is 2.97 bits per heavy atom. The third-order valence-corrected chi connectivity index (χ3v) is 5.57. The van der Waals surface area contributed by atoms with Crippen LogP contribution in [0.25, 0.3) is 11.6 Å². The summed E-state index contributed by atoms with van der Waals surface area (Å²) in [6.07, 6.45) is 9.77. The molecule has 4 rings (SSSR count). The highest BCUT2D eigenvalue weighted by Gasteiger charge is 2.17. The van der Waals surface area contributed by atoms with E-state index in [1.807, 2.05) is 19.1 Å². The number of nitrogens with zero attached hydrogens (tertiary/aromatic N) is 2. The molecule has 2 aliphatic rings. The zero-order valence-corrected chi connectivity index (χ0v) is 17.0. The number of carbonyl (C=O) groups is 2. The quantitative estimate of drug-likeness (QED) is 0.781. The van der Waals surface area contributed by atoms with E-state index in [4.69, 9.17) is 0 Å². The van der Waals surface area contributed by atoms with Crippen LogP contribution in [0.1, 0.15) is 41.5 Å². The van der Waals surface area contributed by atoms with Crippen LogP contribution in [0.2, 0.25) is 0 Å². The SMILES string of the molecule is Cc1ccc(F)cc1C1=CCN(C(=O)/C=C/c2cnc3c(c2)CCC(=O)N3)CCC1. The molecular formula is C24H24FN3O2. The van der Waals surface area contributed by atoms with Crippen LogP contribution in [-0.4, -0.2) is 34.8 Å². The Balaban J connectivity index is 1.44. The second kappa shape index (κ2) is 8.61. The molecule has 2 aliphatic heterocycles. The van der Waals surface area contributed by atoms with Crippen molar-refractivity contribution in [1.29, 1.82) is 0 Å². The summed E-state index contributed by atoms with van der Waals surface area (Å²) in [6.45, 7) is 3.14. The van der Waals surface area contributed by atoms with Gasteiger partial charge in [0.1, 0.15) is 11.6 Å². The molecule has 0 spiro atoms. The van der Waals surface area contributed by atoms with Crippen LogP contribution in [-0.2, 0) is 16.0 Å². The standard InChI is InChI=1S/C24H24FN3O2/c1-16-4-7-20(25)14-21(16)18-3-2-11-28(12-10-18)23(30)9-5-17-13-19-6-8-22(29)27-24(19)26-15-17/h4-5,7,9-10,13-15H,2-3,6,8,11-12H2,1H3,(H,26,27,29)/b9-5+. The first-order chi connectivity index (χ1) is 14.5. The Morgan fingerprint density at radius 2 is 2.10 bits per heavy atom. The molecule has 2 amide bonds. The fourth-order valence-corrected chi connectivity index (χ4v) is 3.90. The third kappa shape index (κ3) is 4.48. The number of benzene rings is 1. The first-order valence-corrected chi connectivity index (χ1v) is 10.2. The van der Waals surface area contributed by atoms with E-state index < -0.39 is 0 Å². The van der Waals surface area contributed by atoms with Gasteiger partial charge in [-0.3, -0.25) is 9.59 Å². The van der Waals surface area contributed by atoms with E-state index in [0.717, 1.165) is 40.7 Å². The molecule has 1 aromatic carbocycles. The average Bonchev–Trinajstić information content (AvgIpc) is 3.00. The zero-order chi connectivity index (χ0) is 21.1. The number of amides is 2. The van der Waals surface area contributed by atoms with Crippen LogP contribution in [0.15, 0.2) is 42.6 Å². The molecule has 0 saturated carbocycles. The summed E-state index contributed by atoms with van der Waals surface area (Å²) < 4.78 is 13.7. The number of anilines is 1. The lowest BCUT2D eigenvalue weighted by Gasteiger charge is -2.17. The zero-order valence-electron chi connectivity index (χ0n) is 17.0. The van der Waals surface area contributed by atoms with Crippen LogP contribution in [0, 0.1) is 12.7 Å². The maximum Gasteiger partial charge on any atom is 0.246 e. The number of aromatic nitrogens is 1. The lowest BCUT2D eigenvalue weighted by Crippen LogP contribution is -2.29. The monoisotopic (exact) mass is 405 g/mol. The maximum absolute atomic E-state index is 13.7. The van der Waals surface area contributed by atoms with Crippen molar-refractivity contribution in [3.05, 3.63) is 70.7 Å². The van der Waals surface area contributed by atoms with E-state index in [-0.39, 0.29) is 17.6 Å². The molecule has 0 radical (unpaired) electrons. The molecule has 5 nitrogen and oxygen atoms in total. The van der Waals surface area contributed by atoms with Gasteiger partial charge in [-0.25, -0.2) is 9.37 Å². The maximum atomic E-state index is 13.7. The molecule has 0 atom stereocenters. The van der Waals surface area contributed by atoms with E-state index in [1.165, 1.54) is 6.07 Å². The molecule has 2 aromatic rings. The molecule has 1 aromatic heterocycles. The van der Waals surface area contributed by atoms with Crippen LogP contribution < -0.4 is 5.32 Å². The number of allylic oxidation sites excluding steroid dienone is 1. The first kappa shape index (κ1) is 20.0. The normalized spacial score (nSPS) is 16.7. The number of pyridine rings is 1. The highest BCUT2D eigenvalue weighted by molar-refractivity contribution is 5.94. The molecule has 6 heteroatoms. The van der Waals surface area contributed by atoms with Gasteiger partial charge < -0.3 is 10.2 Å². The Labute approximate surface area is 175 Å². The van der Waals surface area contributed by atoms with Crippen molar-refractivity contribution in [3.63, 3.8) is 0 Å². The summed E-state index contributed by atoms with van der Waals surface area (Å²) in [5.41, 5.74) is 4.87. The molecular weight excluding hydrogens is 381 g/mol. The molecule has 0 aliphatic carbocycles. The third-order valence-electron chi connectivity index (χ3n) is 5.57. The smallest absolute Gasteiger partial charge is 0.246 e. The molecule has 0 saturated heterocycles. The summed E-state index contributed by atoms with van der Waals surface area (Å²) >= 11 is 0. The van der Waals surface area contributed by atoms with Gasteiger partial charge in [-0.15, -0.1) is 0 Å². The summed E-state index contributed by atoms with van der Waals surface area (Å²) in [5, 5.41) is 2.76. The van der Waals surface area contributed by atoms with Crippen molar-refractivity contribution in [3.8, 4) is 0 Å².